The van der Waals surface area contributed by atoms with E-state index in [4.69, 9.17) is 4.74 Å². The summed E-state index contributed by atoms with van der Waals surface area (Å²) in [6.07, 6.45) is 5.16. The first-order chi connectivity index (χ1) is 9.70. The zero-order chi connectivity index (χ0) is 13.7. The molecule has 3 heterocycles. The van der Waals surface area contributed by atoms with E-state index < -0.39 is 0 Å². The predicted octanol–water partition coefficient (Wildman–Crippen LogP) is 2.04. The van der Waals surface area contributed by atoms with E-state index in [0.717, 1.165) is 5.75 Å². The van der Waals surface area contributed by atoms with E-state index in [9.17, 15) is 5.11 Å². The highest BCUT2D eigenvalue weighted by Gasteiger charge is 2.39. The highest BCUT2D eigenvalue weighted by molar-refractivity contribution is 5.44. The van der Waals surface area contributed by atoms with Gasteiger partial charge in [0.1, 0.15) is 18.1 Å². The van der Waals surface area contributed by atoms with Crippen LogP contribution in [-0.2, 0) is 0 Å². The molecule has 2 N–H and O–H groups in total. The van der Waals surface area contributed by atoms with Crippen molar-refractivity contribution in [3.63, 3.8) is 0 Å². The minimum atomic E-state index is 0.284. The average molecular weight is 274 g/mol. The normalized spacial score (nSPS) is 35.1. The lowest BCUT2D eigenvalue weighted by molar-refractivity contribution is 0.108. The first-order valence-corrected chi connectivity index (χ1v) is 7.64. The Morgan fingerprint density at radius 2 is 2.00 bits per heavy atom. The Morgan fingerprint density at radius 3 is 2.75 bits per heavy atom. The van der Waals surface area contributed by atoms with Crippen LogP contribution in [0.1, 0.15) is 37.3 Å². The van der Waals surface area contributed by atoms with Gasteiger partial charge in [-0.05, 0) is 44.9 Å². The van der Waals surface area contributed by atoms with Gasteiger partial charge in [0.15, 0.2) is 0 Å². The van der Waals surface area contributed by atoms with Crippen LogP contribution < -0.4 is 10.1 Å². The van der Waals surface area contributed by atoms with Crippen LogP contribution in [0.3, 0.4) is 0 Å². The number of rotatable bonds is 2. The number of fused-ring (bicyclic) bond motifs is 3. The molecule has 3 atom stereocenters. The molecular formula is C16H22N2O2. The van der Waals surface area contributed by atoms with Crippen molar-refractivity contribution in [2.45, 2.75) is 49.9 Å². The number of nitrogens with one attached hydrogen (secondary N) is 1. The maximum atomic E-state index is 9.55. The topological polar surface area (TPSA) is 44.7 Å². The second kappa shape index (κ2) is 4.64. The molecule has 0 radical (unpaired) electrons. The molecule has 1 aromatic rings. The molecular weight excluding hydrogens is 252 g/mol. The monoisotopic (exact) mass is 274 g/mol. The van der Waals surface area contributed by atoms with Gasteiger partial charge in [0, 0.05) is 29.8 Å². The minimum Gasteiger partial charge on any atom is -0.508 e. The molecule has 0 aromatic heterocycles. The molecule has 0 aliphatic carbocycles. The van der Waals surface area contributed by atoms with Crippen LogP contribution >= 0.6 is 0 Å². The van der Waals surface area contributed by atoms with Gasteiger partial charge < -0.3 is 15.2 Å². The van der Waals surface area contributed by atoms with Crippen molar-refractivity contribution < 1.29 is 9.84 Å². The first-order valence-electron chi connectivity index (χ1n) is 7.64. The molecule has 2 fully saturated rings. The van der Waals surface area contributed by atoms with Crippen molar-refractivity contribution in [3.05, 3.63) is 23.8 Å². The number of benzene rings is 1. The maximum absolute atomic E-state index is 9.55. The van der Waals surface area contributed by atoms with Crippen molar-refractivity contribution in [3.8, 4) is 11.5 Å². The largest absolute Gasteiger partial charge is 0.508 e. The van der Waals surface area contributed by atoms with E-state index in [-0.39, 0.29) is 5.75 Å². The van der Waals surface area contributed by atoms with Gasteiger partial charge in [0.05, 0.1) is 6.04 Å². The van der Waals surface area contributed by atoms with Crippen LogP contribution in [-0.4, -0.2) is 41.8 Å². The predicted molar refractivity (Wildman–Crippen MR) is 77.1 cm³/mol. The van der Waals surface area contributed by atoms with Crippen LogP contribution in [0.25, 0.3) is 0 Å². The maximum Gasteiger partial charge on any atom is 0.127 e. The van der Waals surface area contributed by atoms with Crippen LogP contribution in [0.4, 0.5) is 0 Å². The summed E-state index contributed by atoms with van der Waals surface area (Å²) in [5, 5.41) is 13.2. The standard InChI is InChI=1S/C16H22N2O2/c1-18(12-6-10-2-3-11(7-12)17-10)15-9-20-16-8-13(19)4-5-14(15)16/h4-5,8,10-12,15,17,19H,2-3,6-7,9H2,1H3. The Hall–Kier alpha value is -1.26. The first kappa shape index (κ1) is 12.5. The van der Waals surface area contributed by atoms with Gasteiger partial charge in [-0.15, -0.1) is 0 Å². The highest BCUT2D eigenvalue weighted by Crippen LogP contribution is 2.40. The van der Waals surface area contributed by atoms with E-state index in [1.54, 1.807) is 12.1 Å². The van der Waals surface area contributed by atoms with Crippen molar-refractivity contribution in [1.82, 2.24) is 10.2 Å². The number of hydrogen-bond acceptors (Lipinski definition) is 4. The van der Waals surface area contributed by atoms with E-state index in [0.29, 0.717) is 30.8 Å². The third-order valence-corrected chi connectivity index (χ3v) is 5.27. The average Bonchev–Trinajstić information content (AvgIpc) is 3.00. The summed E-state index contributed by atoms with van der Waals surface area (Å²) >= 11 is 0. The van der Waals surface area contributed by atoms with Crippen LogP contribution in [0, 0.1) is 0 Å². The molecule has 0 spiro atoms. The Labute approximate surface area is 119 Å². The van der Waals surface area contributed by atoms with Crippen LogP contribution in [0.2, 0.25) is 0 Å². The van der Waals surface area contributed by atoms with Gasteiger partial charge in [-0.3, -0.25) is 4.90 Å². The smallest absolute Gasteiger partial charge is 0.127 e. The fraction of sp³-hybridized carbons (Fsp3) is 0.625. The van der Waals surface area contributed by atoms with E-state index >= 15 is 0 Å². The third-order valence-electron chi connectivity index (χ3n) is 5.27. The number of ether oxygens (including phenoxy) is 1. The fourth-order valence-corrected chi connectivity index (χ4v) is 4.13. The quantitative estimate of drug-likeness (QED) is 0.866. The zero-order valence-corrected chi connectivity index (χ0v) is 11.9. The van der Waals surface area contributed by atoms with E-state index in [1.807, 2.05) is 6.07 Å². The molecule has 1 aromatic carbocycles. The molecule has 3 aliphatic rings. The zero-order valence-electron chi connectivity index (χ0n) is 11.9. The van der Waals surface area contributed by atoms with Crippen LogP contribution in [0.5, 0.6) is 11.5 Å². The van der Waals surface area contributed by atoms with Gasteiger partial charge in [-0.2, -0.15) is 0 Å². The van der Waals surface area contributed by atoms with Crippen molar-refractivity contribution in [2.24, 2.45) is 0 Å². The molecule has 0 amide bonds. The fourth-order valence-electron chi connectivity index (χ4n) is 4.13. The number of piperidine rings is 1. The van der Waals surface area contributed by atoms with Crippen molar-refractivity contribution in [1.29, 1.82) is 0 Å². The molecule has 4 nitrogen and oxygen atoms in total. The Balaban J connectivity index is 1.54. The lowest BCUT2D eigenvalue weighted by atomic mass is 9.96. The summed E-state index contributed by atoms with van der Waals surface area (Å²) in [4.78, 5) is 2.50. The lowest BCUT2D eigenvalue weighted by Crippen LogP contribution is -2.48. The second-order valence-corrected chi connectivity index (χ2v) is 6.48. The number of aromatic hydroxyl groups is 1. The second-order valence-electron chi connectivity index (χ2n) is 6.48. The van der Waals surface area contributed by atoms with Crippen molar-refractivity contribution in [2.75, 3.05) is 13.7 Å². The third kappa shape index (κ3) is 1.98. The molecule has 4 rings (SSSR count). The molecule has 2 bridgehead atoms. The number of hydrogen-bond donors (Lipinski definition) is 2. The Morgan fingerprint density at radius 1 is 1.25 bits per heavy atom. The summed E-state index contributed by atoms with van der Waals surface area (Å²) in [6, 6.07) is 7.89. The number of nitrogens with zero attached hydrogens (tertiary/aromatic N) is 1. The van der Waals surface area contributed by atoms with Gasteiger partial charge in [0.25, 0.3) is 0 Å². The molecule has 108 valence electrons. The highest BCUT2D eigenvalue weighted by atomic mass is 16.5. The minimum absolute atomic E-state index is 0.284. The summed E-state index contributed by atoms with van der Waals surface area (Å²) in [5.41, 5.74) is 1.22. The van der Waals surface area contributed by atoms with Crippen LogP contribution in [0.15, 0.2) is 18.2 Å². The molecule has 0 saturated carbocycles. The van der Waals surface area contributed by atoms with E-state index in [1.165, 1.54) is 31.2 Å². The van der Waals surface area contributed by atoms with Gasteiger partial charge in [-0.1, -0.05) is 0 Å². The van der Waals surface area contributed by atoms with E-state index in [2.05, 4.69) is 17.3 Å². The summed E-state index contributed by atoms with van der Waals surface area (Å²) in [7, 11) is 2.23. The number of likely N-dealkylation sites (N-methyl/N-ethyl adjacent to an activating group) is 1. The Kier molecular flexibility index (Phi) is 2.89. The molecule has 2 saturated heterocycles. The van der Waals surface area contributed by atoms with Gasteiger partial charge in [-0.25, -0.2) is 0 Å². The van der Waals surface area contributed by atoms with Gasteiger partial charge >= 0.3 is 0 Å². The summed E-state index contributed by atoms with van der Waals surface area (Å²) in [6.45, 7) is 0.703. The molecule has 3 aliphatic heterocycles. The molecule has 20 heavy (non-hydrogen) atoms. The van der Waals surface area contributed by atoms with Gasteiger partial charge in [0.2, 0.25) is 0 Å². The molecule has 3 unspecified atom stereocenters. The number of phenolic OH excluding ortho intramolecular Hbond substituents is 1. The number of phenols is 1. The summed E-state index contributed by atoms with van der Waals surface area (Å²) in [5.74, 6) is 1.13. The summed E-state index contributed by atoms with van der Waals surface area (Å²) < 4.78 is 5.76. The SMILES string of the molecule is CN(C1CC2CCC(C1)N2)C1COc2cc(O)ccc21. The van der Waals surface area contributed by atoms with Crippen molar-refractivity contribution >= 4 is 0 Å². The Bertz CT molecular complexity index is 507. The molecule has 4 heteroatoms. The lowest BCUT2D eigenvalue weighted by Gasteiger charge is -2.38.